The fourth-order valence-corrected chi connectivity index (χ4v) is 3.18. The van der Waals surface area contributed by atoms with Crippen molar-refractivity contribution in [1.82, 2.24) is 25.4 Å². The van der Waals surface area contributed by atoms with Gasteiger partial charge in [-0.2, -0.15) is 13.2 Å². The molecule has 1 saturated heterocycles. The minimum Gasteiger partial charge on any atom is -0.476 e. The van der Waals surface area contributed by atoms with Gasteiger partial charge < -0.3 is 20.3 Å². The number of halogens is 3. The van der Waals surface area contributed by atoms with Crippen molar-refractivity contribution in [3.05, 3.63) is 23.9 Å². The predicted octanol–water partition coefficient (Wildman–Crippen LogP) is 1.34. The van der Waals surface area contributed by atoms with Crippen LogP contribution >= 0.6 is 0 Å². The van der Waals surface area contributed by atoms with Crippen molar-refractivity contribution in [3.8, 4) is 5.88 Å². The molecule has 1 aliphatic heterocycles. The van der Waals surface area contributed by atoms with Crippen LogP contribution in [0.4, 0.5) is 13.2 Å². The monoisotopic (exact) mass is 442 g/mol. The number of aromatic nitrogens is 1. The van der Waals surface area contributed by atoms with Crippen molar-refractivity contribution in [2.45, 2.75) is 32.0 Å². The van der Waals surface area contributed by atoms with Crippen LogP contribution in [-0.4, -0.2) is 85.1 Å². The van der Waals surface area contributed by atoms with Crippen molar-refractivity contribution in [2.75, 3.05) is 52.4 Å². The zero-order valence-electron chi connectivity index (χ0n) is 17.6. The highest BCUT2D eigenvalue weighted by atomic mass is 19.4. The van der Waals surface area contributed by atoms with Gasteiger partial charge in [0.05, 0.1) is 18.7 Å². The minimum atomic E-state index is -4.42. The zero-order valence-corrected chi connectivity index (χ0v) is 17.6. The Bertz CT molecular complexity index is 744. The first-order chi connectivity index (χ1) is 14.8. The highest BCUT2D eigenvalue weighted by Gasteiger charge is 2.30. The molecule has 2 N–H and O–H groups in total. The van der Waals surface area contributed by atoms with Gasteiger partial charge in [0.1, 0.15) is 6.61 Å². The number of alkyl halides is 3. The van der Waals surface area contributed by atoms with Gasteiger partial charge in [-0.1, -0.05) is 0 Å². The number of hydrogen-bond acceptors (Lipinski definition) is 5. The number of amides is 1. The van der Waals surface area contributed by atoms with Crippen molar-refractivity contribution in [3.63, 3.8) is 0 Å². The average molecular weight is 442 g/mol. The maximum absolute atomic E-state index is 12.6. The van der Waals surface area contributed by atoms with E-state index in [1.807, 2.05) is 6.92 Å². The average Bonchev–Trinajstić information content (AvgIpc) is 3.54. The molecule has 172 valence electrons. The molecule has 3 rings (SSSR count). The minimum absolute atomic E-state index is 0.0885. The second kappa shape index (κ2) is 10.7. The summed E-state index contributed by atoms with van der Waals surface area (Å²) < 4.78 is 43.1. The number of carbonyl (C=O) groups excluding carboxylic acids is 1. The van der Waals surface area contributed by atoms with E-state index in [0.717, 1.165) is 57.2 Å². The third kappa shape index (κ3) is 7.57. The molecule has 2 heterocycles. The number of piperazine rings is 1. The van der Waals surface area contributed by atoms with Crippen LogP contribution in [-0.2, 0) is 11.0 Å². The lowest BCUT2D eigenvalue weighted by atomic mass is 10.3. The van der Waals surface area contributed by atoms with Crippen LogP contribution in [0, 0.1) is 0 Å². The largest absolute Gasteiger partial charge is 0.476 e. The van der Waals surface area contributed by atoms with Crippen LogP contribution in [0.3, 0.4) is 0 Å². The van der Waals surface area contributed by atoms with Crippen molar-refractivity contribution in [2.24, 2.45) is 4.99 Å². The highest BCUT2D eigenvalue weighted by molar-refractivity contribution is 5.80. The van der Waals surface area contributed by atoms with E-state index in [1.165, 1.54) is 6.07 Å². The summed E-state index contributed by atoms with van der Waals surface area (Å²) >= 11 is 0. The molecular weight excluding hydrogens is 413 g/mol. The summed E-state index contributed by atoms with van der Waals surface area (Å²) in [6.45, 7) is 6.72. The summed E-state index contributed by atoms with van der Waals surface area (Å²) in [6.07, 6.45) is -1.49. The third-order valence-electron chi connectivity index (χ3n) is 4.98. The third-order valence-corrected chi connectivity index (χ3v) is 4.98. The topological polar surface area (TPSA) is 82.1 Å². The Balaban J connectivity index is 1.41. The molecule has 0 unspecified atom stereocenters. The van der Waals surface area contributed by atoms with E-state index < -0.39 is 11.7 Å². The molecule has 11 heteroatoms. The number of nitrogens with one attached hydrogen (secondary N) is 2. The first kappa shape index (κ1) is 23.1. The summed E-state index contributed by atoms with van der Waals surface area (Å²) in [7, 11) is 0. The number of hydrogen-bond donors (Lipinski definition) is 2. The smallest absolute Gasteiger partial charge is 0.417 e. The van der Waals surface area contributed by atoms with E-state index in [1.54, 1.807) is 0 Å². The molecule has 31 heavy (non-hydrogen) atoms. The second-order valence-corrected chi connectivity index (χ2v) is 7.57. The molecule has 1 aromatic rings. The molecule has 2 fully saturated rings. The van der Waals surface area contributed by atoms with E-state index in [2.05, 4.69) is 30.4 Å². The molecule has 0 bridgehead atoms. The highest BCUT2D eigenvalue weighted by Crippen LogP contribution is 2.29. The number of pyridine rings is 1. The van der Waals surface area contributed by atoms with Crippen molar-refractivity contribution < 1.29 is 22.7 Å². The number of rotatable bonds is 8. The summed E-state index contributed by atoms with van der Waals surface area (Å²) in [5, 5.41) is 6.26. The number of aliphatic imine (C=N–C) groups is 1. The van der Waals surface area contributed by atoms with Crippen LogP contribution in [0.2, 0.25) is 0 Å². The number of nitrogens with zero attached hydrogens (tertiary/aromatic N) is 4. The van der Waals surface area contributed by atoms with Crippen molar-refractivity contribution in [1.29, 1.82) is 0 Å². The lowest BCUT2D eigenvalue weighted by Crippen LogP contribution is -2.54. The number of ether oxygens (including phenoxy) is 1. The summed E-state index contributed by atoms with van der Waals surface area (Å²) in [5.74, 6) is 0.977. The number of guanidine groups is 1. The van der Waals surface area contributed by atoms with Gasteiger partial charge in [0.2, 0.25) is 11.8 Å². The first-order valence-electron chi connectivity index (χ1n) is 10.6. The maximum Gasteiger partial charge on any atom is 0.417 e. The fraction of sp³-hybridized carbons (Fsp3) is 0.650. The molecule has 0 radical (unpaired) electrons. The van der Waals surface area contributed by atoms with Gasteiger partial charge in [-0.05, 0) is 25.8 Å². The van der Waals surface area contributed by atoms with Gasteiger partial charge in [-0.15, -0.1) is 0 Å². The van der Waals surface area contributed by atoms with E-state index in [0.29, 0.717) is 25.7 Å². The van der Waals surface area contributed by atoms with Gasteiger partial charge in [0.15, 0.2) is 5.96 Å². The molecule has 1 aliphatic carbocycles. The van der Waals surface area contributed by atoms with Crippen LogP contribution in [0.1, 0.15) is 25.3 Å². The molecule has 0 aromatic carbocycles. The van der Waals surface area contributed by atoms with Crippen LogP contribution in [0.5, 0.6) is 5.88 Å². The Morgan fingerprint density at radius 1 is 1.26 bits per heavy atom. The molecule has 1 amide bonds. The second-order valence-electron chi connectivity index (χ2n) is 7.57. The van der Waals surface area contributed by atoms with Crippen molar-refractivity contribution >= 4 is 11.9 Å². The molecule has 1 saturated carbocycles. The molecule has 0 spiro atoms. The lowest BCUT2D eigenvalue weighted by Gasteiger charge is -2.36. The van der Waals surface area contributed by atoms with Crippen LogP contribution in [0.25, 0.3) is 0 Å². The van der Waals surface area contributed by atoms with Gasteiger partial charge >= 0.3 is 6.18 Å². The summed E-state index contributed by atoms with van der Waals surface area (Å²) in [5.41, 5.74) is -0.809. The van der Waals surface area contributed by atoms with E-state index >= 15 is 0 Å². The molecule has 0 atom stereocenters. The molecule has 1 aromatic heterocycles. The van der Waals surface area contributed by atoms with E-state index in [9.17, 15) is 18.0 Å². The number of carbonyl (C=O) groups is 1. The van der Waals surface area contributed by atoms with Gasteiger partial charge in [-0.25, -0.2) is 9.98 Å². The van der Waals surface area contributed by atoms with Crippen LogP contribution < -0.4 is 15.4 Å². The maximum atomic E-state index is 12.6. The fourth-order valence-electron chi connectivity index (χ4n) is 3.18. The van der Waals surface area contributed by atoms with Crippen LogP contribution in [0.15, 0.2) is 23.3 Å². The Labute approximate surface area is 179 Å². The first-order valence-corrected chi connectivity index (χ1v) is 10.6. The summed E-state index contributed by atoms with van der Waals surface area (Å²) in [4.78, 5) is 24.5. The normalized spacial score (nSPS) is 18.1. The molecular formula is C20H29F3N6O2. The molecule has 2 aliphatic rings. The Hall–Kier alpha value is -2.56. The zero-order chi connectivity index (χ0) is 22.3. The van der Waals surface area contributed by atoms with Gasteiger partial charge in [0, 0.05) is 51.0 Å². The summed E-state index contributed by atoms with van der Waals surface area (Å²) in [6, 6.07) is 2.53. The molecule has 8 nitrogen and oxygen atoms in total. The standard InChI is InChI=1S/C20H29F3N6O2/c1-2-24-19(25-7-12-31-18-6-3-15(13-26-18)20(21,22)23)29-10-8-28(9-11-29)14-17(30)27-16-4-5-16/h3,6,13,16H,2,4-5,7-12,14H2,1H3,(H,24,25)(H,27,30). The van der Waals surface area contributed by atoms with Gasteiger partial charge in [-0.3, -0.25) is 9.69 Å². The lowest BCUT2D eigenvalue weighted by molar-refractivity contribution is -0.137. The Morgan fingerprint density at radius 2 is 2.00 bits per heavy atom. The Kier molecular flexibility index (Phi) is 7.94. The van der Waals surface area contributed by atoms with E-state index in [-0.39, 0.29) is 18.4 Å². The Morgan fingerprint density at radius 3 is 2.58 bits per heavy atom. The predicted molar refractivity (Wildman–Crippen MR) is 110 cm³/mol. The SMILES string of the molecule is CCNC(=NCCOc1ccc(C(F)(F)F)cn1)N1CCN(CC(=O)NC2CC2)CC1. The van der Waals surface area contributed by atoms with E-state index in [4.69, 9.17) is 4.74 Å². The van der Waals surface area contributed by atoms with Gasteiger partial charge in [0.25, 0.3) is 0 Å². The quantitative estimate of drug-likeness (QED) is 0.359.